The minimum Gasteiger partial charge on any atom is -0.377 e. The molecule has 3 aliphatic rings. The number of guanidine groups is 1. The highest BCUT2D eigenvalue weighted by Gasteiger charge is 2.58. The molecule has 0 amide bonds. The van der Waals surface area contributed by atoms with Crippen molar-refractivity contribution in [2.45, 2.75) is 91.1 Å². The summed E-state index contributed by atoms with van der Waals surface area (Å²) < 4.78 is 12.2. The third-order valence-electron chi connectivity index (χ3n) is 6.19. The average molecular weight is 366 g/mol. The summed E-state index contributed by atoms with van der Waals surface area (Å²) in [7, 11) is 0. The van der Waals surface area contributed by atoms with Crippen LogP contribution < -0.4 is 5.32 Å². The standard InChI is InChI=1S/C21H39N3O2/c1-7-22-19(24-12-10-15(11-13-24)26-20(2,3)4)23-17-16-9-8-14-25-18(16)21(17,5)6/h15-18H,7-14H2,1-6H3,(H,22,23). The van der Waals surface area contributed by atoms with Crippen LogP contribution in [0.3, 0.4) is 0 Å². The van der Waals surface area contributed by atoms with E-state index in [1.807, 2.05) is 0 Å². The number of nitrogens with zero attached hydrogens (tertiary/aromatic N) is 2. The zero-order valence-electron chi connectivity index (χ0n) is 17.7. The Morgan fingerprint density at radius 3 is 2.54 bits per heavy atom. The molecule has 0 bridgehead atoms. The molecule has 0 aromatic heterocycles. The molecule has 0 aromatic rings. The van der Waals surface area contributed by atoms with Gasteiger partial charge in [-0.3, -0.25) is 4.99 Å². The second-order valence-electron chi connectivity index (χ2n) is 9.76. The molecule has 2 saturated heterocycles. The molecule has 1 aliphatic carbocycles. The molecule has 0 radical (unpaired) electrons. The summed E-state index contributed by atoms with van der Waals surface area (Å²) in [5, 5.41) is 3.83. The highest BCUT2D eigenvalue weighted by Crippen LogP contribution is 2.51. The molecule has 5 nitrogen and oxygen atoms in total. The molecule has 3 rings (SSSR count). The first-order valence-electron chi connectivity index (χ1n) is 10.6. The van der Waals surface area contributed by atoms with Gasteiger partial charge in [0.2, 0.25) is 0 Å². The monoisotopic (exact) mass is 365 g/mol. The number of fused-ring (bicyclic) bond motifs is 1. The molecule has 3 unspecified atom stereocenters. The molecule has 150 valence electrons. The van der Waals surface area contributed by atoms with Crippen molar-refractivity contribution in [3.63, 3.8) is 0 Å². The van der Waals surface area contributed by atoms with Crippen molar-refractivity contribution in [3.8, 4) is 0 Å². The molecule has 0 aromatic carbocycles. The van der Waals surface area contributed by atoms with E-state index in [9.17, 15) is 0 Å². The van der Waals surface area contributed by atoms with E-state index in [0.717, 1.165) is 45.0 Å². The highest BCUT2D eigenvalue weighted by molar-refractivity contribution is 5.80. The summed E-state index contributed by atoms with van der Waals surface area (Å²) in [6.45, 7) is 17.0. The molecule has 2 heterocycles. The smallest absolute Gasteiger partial charge is 0.194 e. The van der Waals surface area contributed by atoms with Gasteiger partial charge in [-0.15, -0.1) is 0 Å². The zero-order chi connectivity index (χ0) is 18.9. The second-order valence-corrected chi connectivity index (χ2v) is 9.76. The normalized spacial score (nSPS) is 32.8. The van der Waals surface area contributed by atoms with Crippen LogP contribution in [-0.2, 0) is 9.47 Å². The number of rotatable bonds is 3. The lowest BCUT2D eigenvalue weighted by Crippen LogP contribution is -2.71. The molecule has 26 heavy (non-hydrogen) atoms. The number of nitrogens with one attached hydrogen (secondary N) is 1. The summed E-state index contributed by atoms with van der Waals surface area (Å²) in [5.41, 5.74) is 0.116. The van der Waals surface area contributed by atoms with Gasteiger partial charge in [0.15, 0.2) is 5.96 Å². The molecule has 5 heteroatoms. The molecular weight excluding hydrogens is 326 g/mol. The van der Waals surface area contributed by atoms with Crippen LogP contribution in [-0.4, -0.2) is 61.0 Å². The summed E-state index contributed by atoms with van der Waals surface area (Å²) in [6.07, 6.45) is 5.38. The van der Waals surface area contributed by atoms with E-state index >= 15 is 0 Å². The molecule has 0 spiro atoms. The van der Waals surface area contributed by atoms with Crippen molar-refractivity contribution >= 4 is 5.96 Å². The van der Waals surface area contributed by atoms with E-state index < -0.39 is 0 Å². The van der Waals surface area contributed by atoms with E-state index in [0.29, 0.717) is 24.2 Å². The van der Waals surface area contributed by atoms with E-state index in [2.05, 4.69) is 51.8 Å². The zero-order valence-corrected chi connectivity index (χ0v) is 17.7. The lowest BCUT2D eigenvalue weighted by atomic mass is 9.55. The maximum atomic E-state index is 6.18. The summed E-state index contributed by atoms with van der Waals surface area (Å²) >= 11 is 0. The van der Waals surface area contributed by atoms with Gasteiger partial charge in [0.05, 0.1) is 17.8 Å². The van der Waals surface area contributed by atoms with Gasteiger partial charge in [-0.05, 0) is 53.4 Å². The molecule has 3 fully saturated rings. The van der Waals surface area contributed by atoms with Crippen molar-refractivity contribution in [3.05, 3.63) is 0 Å². The molecule has 1 saturated carbocycles. The minimum absolute atomic E-state index is 0.0582. The number of likely N-dealkylation sites (tertiary alicyclic amines) is 1. The quantitative estimate of drug-likeness (QED) is 0.615. The number of piperidine rings is 1. The Kier molecular flexibility index (Phi) is 5.88. The van der Waals surface area contributed by atoms with Gasteiger partial charge in [0.25, 0.3) is 0 Å². The number of hydrogen-bond donors (Lipinski definition) is 1. The number of aliphatic imine (C=N–C) groups is 1. The first-order valence-corrected chi connectivity index (χ1v) is 10.6. The lowest BCUT2D eigenvalue weighted by Gasteiger charge is -2.60. The SMILES string of the molecule is CCN=C(NC1C2CCCOC2C1(C)C)N1CCC(OC(C)(C)C)CC1. The van der Waals surface area contributed by atoms with Gasteiger partial charge in [-0.1, -0.05) is 13.8 Å². The van der Waals surface area contributed by atoms with Crippen LogP contribution >= 0.6 is 0 Å². The van der Waals surface area contributed by atoms with Gasteiger partial charge in [0.1, 0.15) is 0 Å². The van der Waals surface area contributed by atoms with Gasteiger partial charge < -0.3 is 19.7 Å². The van der Waals surface area contributed by atoms with Crippen LogP contribution in [0.5, 0.6) is 0 Å². The Labute approximate surface area is 159 Å². The van der Waals surface area contributed by atoms with Crippen molar-refractivity contribution in [1.82, 2.24) is 10.2 Å². The predicted molar refractivity (Wildman–Crippen MR) is 107 cm³/mol. The van der Waals surface area contributed by atoms with Crippen LogP contribution in [0.1, 0.15) is 67.2 Å². The number of ether oxygens (including phenoxy) is 2. The predicted octanol–water partition coefficient (Wildman–Crippen LogP) is 3.44. The Hall–Kier alpha value is -0.810. The Morgan fingerprint density at radius 1 is 1.23 bits per heavy atom. The summed E-state index contributed by atoms with van der Waals surface area (Å²) in [6, 6.07) is 0.460. The van der Waals surface area contributed by atoms with E-state index in [-0.39, 0.29) is 11.0 Å². The molecule has 2 aliphatic heterocycles. The van der Waals surface area contributed by atoms with Gasteiger partial charge in [-0.2, -0.15) is 0 Å². The first kappa shape index (κ1) is 19.9. The third kappa shape index (κ3) is 4.19. The van der Waals surface area contributed by atoms with Crippen molar-refractivity contribution in [1.29, 1.82) is 0 Å². The second kappa shape index (κ2) is 7.67. The van der Waals surface area contributed by atoms with Crippen molar-refractivity contribution < 1.29 is 9.47 Å². The lowest BCUT2D eigenvalue weighted by molar-refractivity contribution is -0.188. The molecule has 1 N–H and O–H groups in total. The average Bonchev–Trinajstić information content (AvgIpc) is 2.58. The molecular formula is C21H39N3O2. The van der Waals surface area contributed by atoms with Crippen molar-refractivity contribution in [2.24, 2.45) is 16.3 Å². The van der Waals surface area contributed by atoms with Crippen LogP contribution in [0.2, 0.25) is 0 Å². The Morgan fingerprint density at radius 2 is 1.92 bits per heavy atom. The Balaban J connectivity index is 1.59. The maximum Gasteiger partial charge on any atom is 0.194 e. The van der Waals surface area contributed by atoms with E-state index in [4.69, 9.17) is 14.5 Å². The highest BCUT2D eigenvalue weighted by atomic mass is 16.5. The minimum atomic E-state index is -0.0582. The third-order valence-corrected chi connectivity index (χ3v) is 6.19. The first-order chi connectivity index (χ1) is 12.2. The summed E-state index contributed by atoms with van der Waals surface area (Å²) in [4.78, 5) is 7.25. The maximum absolute atomic E-state index is 6.18. The fourth-order valence-electron chi connectivity index (χ4n) is 5.03. The van der Waals surface area contributed by atoms with Crippen LogP contribution in [0.15, 0.2) is 4.99 Å². The summed E-state index contributed by atoms with van der Waals surface area (Å²) in [5.74, 6) is 1.71. The van der Waals surface area contributed by atoms with E-state index in [1.54, 1.807) is 0 Å². The number of hydrogen-bond acceptors (Lipinski definition) is 3. The van der Waals surface area contributed by atoms with Crippen LogP contribution in [0.4, 0.5) is 0 Å². The van der Waals surface area contributed by atoms with Crippen LogP contribution in [0.25, 0.3) is 0 Å². The van der Waals surface area contributed by atoms with Crippen molar-refractivity contribution in [2.75, 3.05) is 26.2 Å². The van der Waals surface area contributed by atoms with Crippen LogP contribution in [0, 0.1) is 11.3 Å². The topological polar surface area (TPSA) is 46.1 Å². The largest absolute Gasteiger partial charge is 0.377 e. The fraction of sp³-hybridized carbons (Fsp3) is 0.952. The van der Waals surface area contributed by atoms with E-state index in [1.165, 1.54) is 12.8 Å². The van der Waals surface area contributed by atoms with Gasteiger partial charge >= 0.3 is 0 Å². The van der Waals surface area contributed by atoms with Gasteiger partial charge in [-0.25, -0.2) is 0 Å². The Bertz CT molecular complexity index is 504. The fourth-order valence-corrected chi connectivity index (χ4v) is 5.03. The van der Waals surface area contributed by atoms with Gasteiger partial charge in [0, 0.05) is 43.6 Å². The molecule has 3 atom stereocenters.